The molecule has 7 nitrogen and oxygen atoms in total. The third-order valence-corrected chi connectivity index (χ3v) is 3.96. The number of aliphatic carboxylic acids is 1. The second-order valence-electron chi connectivity index (χ2n) is 5.62. The molecule has 0 bridgehead atoms. The summed E-state index contributed by atoms with van der Waals surface area (Å²) in [6.45, 7) is 1.08. The van der Waals surface area contributed by atoms with Crippen LogP contribution in [0.1, 0.15) is 6.92 Å². The molecule has 2 aromatic heterocycles. The van der Waals surface area contributed by atoms with Gasteiger partial charge in [-0.1, -0.05) is 24.3 Å². The first-order chi connectivity index (χ1) is 12.5. The fraction of sp³-hybridized carbons (Fsp3) is 0.158. The maximum absolute atomic E-state index is 9.00. The smallest absolute Gasteiger partial charge is 0.300 e. The number of nitrogen functional groups attached to an aromatic ring is 1. The largest absolute Gasteiger partial charge is 0.494 e. The van der Waals surface area contributed by atoms with E-state index in [-0.39, 0.29) is 0 Å². The predicted octanol–water partition coefficient (Wildman–Crippen LogP) is 3.33. The van der Waals surface area contributed by atoms with E-state index >= 15 is 0 Å². The van der Waals surface area contributed by atoms with Crippen LogP contribution in [0.15, 0.2) is 42.6 Å². The number of carboxylic acids is 1. The van der Waals surface area contributed by atoms with Crippen LogP contribution < -0.4 is 15.2 Å². The SMILES string of the molecule is CC(=O)O.COc1ccc(OC)c2c1nc(N)c1c3ccccc3cn21. The first kappa shape index (κ1) is 17.3. The maximum atomic E-state index is 9.00. The van der Waals surface area contributed by atoms with Crippen LogP contribution in [-0.2, 0) is 4.79 Å². The van der Waals surface area contributed by atoms with E-state index in [2.05, 4.69) is 11.1 Å². The normalized spacial score (nSPS) is 10.6. The summed E-state index contributed by atoms with van der Waals surface area (Å²) < 4.78 is 13.0. The Hall–Kier alpha value is -3.48. The Labute approximate surface area is 149 Å². The van der Waals surface area contributed by atoms with Gasteiger partial charge in [-0.2, -0.15) is 0 Å². The average molecular weight is 353 g/mol. The summed E-state index contributed by atoms with van der Waals surface area (Å²) >= 11 is 0. The van der Waals surface area contributed by atoms with Crippen molar-refractivity contribution in [2.75, 3.05) is 20.0 Å². The third-order valence-electron chi connectivity index (χ3n) is 3.96. The van der Waals surface area contributed by atoms with Crippen molar-refractivity contribution in [1.82, 2.24) is 9.38 Å². The molecule has 0 aliphatic rings. The number of hydrogen-bond acceptors (Lipinski definition) is 5. The second-order valence-corrected chi connectivity index (χ2v) is 5.62. The fourth-order valence-corrected chi connectivity index (χ4v) is 2.98. The van der Waals surface area contributed by atoms with E-state index in [0.717, 1.165) is 34.5 Å². The molecule has 2 heterocycles. The molecule has 0 radical (unpaired) electrons. The highest BCUT2D eigenvalue weighted by atomic mass is 16.5. The Morgan fingerprint density at radius 2 is 1.69 bits per heavy atom. The van der Waals surface area contributed by atoms with Gasteiger partial charge in [0.2, 0.25) is 0 Å². The highest BCUT2D eigenvalue weighted by molar-refractivity contribution is 6.06. The lowest BCUT2D eigenvalue weighted by atomic mass is 10.2. The van der Waals surface area contributed by atoms with Crippen molar-refractivity contribution in [3.05, 3.63) is 42.6 Å². The molecule has 0 amide bonds. The zero-order chi connectivity index (χ0) is 18.8. The number of ether oxygens (including phenoxy) is 2. The minimum Gasteiger partial charge on any atom is -0.494 e. The number of carboxylic acid groups (broad SMARTS) is 1. The maximum Gasteiger partial charge on any atom is 0.300 e. The van der Waals surface area contributed by atoms with Crippen LogP contribution in [0.4, 0.5) is 5.82 Å². The molecule has 0 saturated heterocycles. The van der Waals surface area contributed by atoms with Gasteiger partial charge in [0.25, 0.3) is 5.97 Å². The van der Waals surface area contributed by atoms with Gasteiger partial charge < -0.3 is 24.7 Å². The zero-order valence-electron chi connectivity index (χ0n) is 14.7. The number of aromatic nitrogens is 2. The molecule has 0 spiro atoms. The van der Waals surface area contributed by atoms with Gasteiger partial charge in [-0.3, -0.25) is 4.79 Å². The molecule has 4 aromatic rings. The van der Waals surface area contributed by atoms with Crippen molar-refractivity contribution in [2.24, 2.45) is 0 Å². The van der Waals surface area contributed by atoms with Crippen LogP contribution >= 0.6 is 0 Å². The van der Waals surface area contributed by atoms with E-state index in [0.29, 0.717) is 17.1 Å². The minimum absolute atomic E-state index is 0.472. The van der Waals surface area contributed by atoms with Crippen molar-refractivity contribution in [3.63, 3.8) is 0 Å². The monoisotopic (exact) mass is 353 g/mol. The van der Waals surface area contributed by atoms with Crippen LogP contribution in [0.25, 0.3) is 27.3 Å². The summed E-state index contributed by atoms with van der Waals surface area (Å²) in [6.07, 6.45) is 2.05. The van der Waals surface area contributed by atoms with Crippen LogP contribution in [0, 0.1) is 0 Å². The second kappa shape index (κ2) is 6.79. The van der Waals surface area contributed by atoms with E-state index in [4.69, 9.17) is 25.1 Å². The number of carbonyl (C=O) groups is 1. The standard InChI is InChI=1S/C17H15N3O2.C2H4O2/c1-21-12-7-8-13(22-2)16-14(12)19-17(18)15-11-6-4-3-5-10(11)9-20(15)16;1-2(3)4/h3-9H,1-2H3,(H2,18,19);1H3,(H,3,4). The van der Waals surface area contributed by atoms with Crippen LogP contribution in [0.3, 0.4) is 0 Å². The first-order valence-corrected chi connectivity index (χ1v) is 7.87. The topological polar surface area (TPSA) is 99.1 Å². The van der Waals surface area contributed by atoms with Crippen molar-refractivity contribution in [1.29, 1.82) is 0 Å². The molecule has 0 unspecified atom stereocenters. The molecule has 0 aliphatic heterocycles. The van der Waals surface area contributed by atoms with Crippen molar-refractivity contribution >= 4 is 39.1 Å². The minimum atomic E-state index is -0.833. The van der Waals surface area contributed by atoms with Gasteiger partial charge in [-0.25, -0.2) is 4.98 Å². The highest BCUT2D eigenvalue weighted by Crippen LogP contribution is 2.36. The number of anilines is 1. The Kier molecular flexibility index (Phi) is 4.53. The van der Waals surface area contributed by atoms with Gasteiger partial charge in [0, 0.05) is 23.9 Å². The number of benzene rings is 2. The molecule has 7 heteroatoms. The van der Waals surface area contributed by atoms with Gasteiger partial charge in [0.05, 0.1) is 19.7 Å². The molecule has 26 heavy (non-hydrogen) atoms. The molecule has 134 valence electrons. The van der Waals surface area contributed by atoms with Crippen LogP contribution in [0.2, 0.25) is 0 Å². The molecule has 0 saturated carbocycles. The van der Waals surface area contributed by atoms with E-state index in [9.17, 15) is 0 Å². The lowest BCUT2D eigenvalue weighted by Gasteiger charge is -2.12. The number of rotatable bonds is 2. The first-order valence-electron chi connectivity index (χ1n) is 7.87. The van der Waals surface area contributed by atoms with Crippen molar-refractivity contribution < 1.29 is 19.4 Å². The van der Waals surface area contributed by atoms with E-state index in [1.54, 1.807) is 14.2 Å². The molecule has 2 aromatic carbocycles. The number of hydrogen-bond donors (Lipinski definition) is 2. The Morgan fingerprint density at radius 1 is 1.08 bits per heavy atom. The van der Waals surface area contributed by atoms with Crippen LogP contribution in [-0.4, -0.2) is 34.7 Å². The highest BCUT2D eigenvalue weighted by Gasteiger charge is 2.16. The summed E-state index contributed by atoms with van der Waals surface area (Å²) in [4.78, 5) is 13.6. The summed E-state index contributed by atoms with van der Waals surface area (Å²) in [5.41, 5.74) is 8.64. The predicted molar refractivity (Wildman–Crippen MR) is 101 cm³/mol. The van der Waals surface area contributed by atoms with E-state index < -0.39 is 5.97 Å². The van der Waals surface area contributed by atoms with E-state index in [1.807, 2.05) is 40.9 Å². The van der Waals surface area contributed by atoms with Gasteiger partial charge in [-0.15, -0.1) is 0 Å². The molecule has 4 rings (SSSR count). The van der Waals surface area contributed by atoms with E-state index in [1.165, 1.54) is 0 Å². The fourth-order valence-electron chi connectivity index (χ4n) is 2.98. The Balaban J connectivity index is 0.000000447. The summed E-state index contributed by atoms with van der Waals surface area (Å²) in [6, 6.07) is 11.8. The lowest BCUT2D eigenvalue weighted by Crippen LogP contribution is -2.01. The molecule has 3 N–H and O–H groups in total. The van der Waals surface area contributed by atoms with Crippen LogP contribution in [0.5, 0.6) is 11.5 Å². The third kappa shape index (κ3) is 2.83. The number of nitrogens with zero attached hydrogens (tertiary/aromatic N) is 2. The number of fused-ring (bicyclic) bond motifs is 5. The summed E-state index contributed by atoms with van der Waals surface area (Å²) in [5.74, 6) is 1.04. The summed E-state index contributed by atoms with van der Waals surface area (Å²) in [5, 5.41) is 9.59. The Bertz CT molecular complexity index is 1110. The lowest BCUT2D eigenvalue weighted by molar-refractivity contribution is -0.134. The zero-order valence-corrected chi connectivity index (χ0v) is 14.7. The number of methoxy groups -OCH3 is 2. The average Bonchev–Trinajstić information content (AvgIpc) is 3.00. The van der Waals surface area contributed by atoms with Gasteiger partial charge in [-0.05, 0) is 12.1 Å². The molecule has 0 aliphatic carbocycles. The van der Waals surface area contributed by atoms with Crippen molar-refractivity contribution in [2.45, 2.75) is 6.92 Å². The van der Waals surface area contributed by atoms with Gasteiger partial charge in [0.15, 0.2) is 0 Å². The molecular weight excluding hydrogens is 334 g/mol. The van der Waals surface area contributed by atoms with Gasteiger partial charge in [0.1, 0.15) is 28.4 Å². The summed E-state index contributed by atoms with van der Waals surface area (Å²) in [7, 11) is 3.27. The van der Waals surface area contributed by atoms with Gasteiger partial charge >= 0.3 is 0 Å². The Morgan fingerprint density at radius 3 is 2.35 bits per heavy atom. The molecule has 0 fully saturated rings. The molecular formula is C19H19N3O4. The van der Waals surface area contributed by atoms with Crippen molar-refractivity contribution in [3.8, 4) is 11.5 Å². The molecule has 0 atom stereocenters. The number of nitrogens with two attached hydrogens (primary N) is 1. The quantitative estimate of drug-likeness (QED) is 0.573.